The lowest BCUT2D eigenvalue weighted by molar-refractivity contribution is 0.0703. The topological polar surface area (TPSA) is 53.7 Å². The van der Waals surface area contributed by atoms with Gasteiger partial charge in [-0.15, -0.1) is 0 Å². The maximum absolute atomic E-state index is 12.8. The highest BCUT2D eigenvalue weighted by Gasteiger charge is 2.32. The van der Waals surface area contributed by atoms with Crippen LogP contribution in [0.1, 0.15) is 68.3 Å². The summed E-state index contributed by atoms with van der Waals surface area (Å²) < 4.78 is 5.70. The lowest BCUT2D eigenvalue weighted by Gasteiger charge is -2.29. The molecule has 0 spiro atoms. The number of likely N-dealkylation sites (tertiary alicyclic amines) is 1. The second kappa shape index (κ2) is 5.84. The van der Waals surface area contributed by atoms with E-state index in [1.54, 1.807) is 0 Å². The van der Waals surface area contributed by atoms with E-state index in [2.05, 4.69) is 27.7 Å². The van der Waals surface area contributed by atoms with Gasteiger partial charge in [0.1, 0.15) is 11.5 Å². The molecule has 118 valence electrons. The van der Waals surface area contributed by atoms with Gasteiger partial charge in [-0.2, -0.15) is 0 Å². The molecule has 2 rings (SSSR count). The van der Waals surface area contributed by atoms with E-state index in [0.717, 1.165) is 12.2 Å². The Hall–Kier alpha value is -1.29. The predicted octanol–water partition coefficient (Wildman–Crippen LogP) is 3.33. The van der Waals surface area contributed by atoms with Gasteiger partial charge in [-0.05, 0) is 31.2 Å². The Morgan fingerprint density at radius 1 is 1.48 bits per heavy atom. The zero-order valence-electron chi connectivity index (χ0n) is 13.8. The van der Waals surface area contributed by atoms with E-state index < -0.39 is 0 Å². The number of carbonyl (C=O) groups excluding carboxylic acids is 1. The first-order chi connectivity index (χ1) is 9.69. The Kier molecular flexibility index (Phi) is 4.47. The molecule has 1 saturated heterocycles. The lowest BCUT2D eigenvalue weighted by Crippen LogP contribution is -2.37. The molecule has 2 heterocycles. The second-order valence-corrected chi connectivity index (χ2v) is 7.31. The summed E-state index contributed by atoms with van der Waals surface area (Å²) in [4.78, 5) is 14.6. The number of carbonyl (C=O) groups is 1. The number of nitrogens with zero attached hydrogens (tertiary/aromatic N) is 1. The molecule has 1 aliphatic heterocycles. The van der Waals surface area contributed by atoms with Crippen molar-refractivity contribution < 1.29 is 14.3 Å². The number of aliphatic hydroxyl groups excluding tert-OH is 1. The lowest BCUT2D eigenvalue weighted by atomic mass is 9.87. The van der Waals surface area contributed by atoms with Crippen LogP contribution in [0.4, 0.5) is 0 Å². The molecule has 1 unspecified atom stereocenters. The minimum absolute atomic E-state index is 0.0188. The average molecular weight is 293 g/mol. The zero-order chi connectivity index (χ0) is 15.8. The van der Waals surface area contributed by atoms with Crippen molar-refractivity contribution in [3.05, 3.63) is 23.2 Å². The van der Waals surface area contributed by atoms with Crippen LogP contribution in [0.5, 0.6) is 0 Å². The maximum Gasteiger partial charge on any atom is 0.257 e. The van der Waals surface area contributed by atoms with Crippen molar-refractivity contribution >= 4 is 5.91 Å². The van der Waals surface area contributed by atoms with Gasteiger partial charge < -0.3 is 14.4 Å². The maximum atomic E-state index is 12.8. The molecule has 0 bridgehead atoms. The van der Waals surface area contributed by atoms with Crippen LogP contribution in [0, 0.1) is 12.3 Å². The quantitative estimate of drug-likeness (QED) is 0.910. The van der Waals surface area contributed by atoms with E-state index in [0.29, 0.717) is 30.8 Å². The molecule has 1 aromatic rings. The van der Waals surface area contributed by atoms with Crippen molar-refractivity contribution in [1.29, 1.82) is 0 Å². The molecule has 21 heavy (non-hydrogen) atoms. The Labute approximate surface area is 127 Å². The summed E-state index contributed by atoms with van der Waals surface area (Å²) in [6.07, 6.45) is 1.05. The van der Waals surface area contributed by atoms with E-state index in [4.69, 9.17) is 4.42 Å². The standard InChI is InChI=1S/C17H27NO3/c1-11(2)15-8-14(12(3)21-15)16(20)18-7-6-13(19)9-17(4,5)10-18/h8,11,13,19H,6-7,9-10H2,1-5H3. The van der Waals surface area contributed by atoms with Crippen molar-refractivity contribution in [2.24, 2.45) is 5.41 Å². The van der Waals surface area contributed by atoms with Crippen LogP contribution in [-0.4, -0.2) is 35.1 Å². The molecule has 4 heteroatoms. The third-order valence-corrected chi connectivity index (χ3v) is 4.16. The van der Waals surface area contributed by atoms with Gasteiger partial charge in [-0.3, -0.25) is 4.79 Å². The Bertz CT molecular complexity index is 516. The summed E-state index contributed by atoms with van der Waals surface area (Å²) in [6.45, 7) is 11.4. The molecule has 0 aliphatic carbocycles. The van der Waals surface area contributed by atoms with Crippen LogP contribution in [0.2, 0.25) is 0 Å². The molecule has 4 nitrogen and oxygen atoms in total. The van der Waals surface area contributed by atoms with E-state index in [1.807, 2.05) is 17.9 Å². The largest absolute Gasteiger partial charge is 0.465 e. The summed E-state index contributed by atoms with van der Waals surface area (Å²) in [5.41, 5.74) is 0.593. The van der Waals surface area contributed by atoms with E-state index >= 15 is 0 Å². The second-order valence-electron chi connectivity index (χ2n) is 7.31. The number of aliphatic hydroxyl groups is 1. The smallest absolute Gasteiger partial charge is 0.257 e. The molecule has 1 fully saturated rings. The van der Waals surface area contributed by atoms with Gasteiger partial charge in [0.05, 0.1) is 11.7 Å². The SMILES string of the molecule is Cc1oc(C(C)C)cc1C(=O)N1CCC(O)CC(C)(C)C1. The third kappa shape index (κ3) is 3.67. The first-order valence-electron chi connectivity index (χ1n) is 7.77. The molecule has 0 radical (unpaired) electrons. The van der Waals surface area contributed by atoms with Crippen molar-refractivity contribution in [2.45, 2.75) is 59.5 Å². The number of furan rings is 1. The Morgan fingerprint density at radius 2 is 2.14 bits per heavy atom. The fourth-order valence-electron chi connectivity index (χ4n) is 3.05. The van der Waals surface area contributed by atoms with E-state index in [9.17, 15) is 9.90 Å². The van der Waals surface area contributed by atoms with Crippen LogP contribution in [0.15, 0.2) is 10.5 Å². The van der Waals surface area contributed by atoms with Gasteiger partial charge in [0.25, 0.3) is 5.91 Å². The fourth-order valence-corrected chi connectivity index (χ4v) is 3.05. The van der Waals surface area contributed by atoms with Gasteiger partial charge in [0.2, 0.25) is 0 Å². The highest BCUT2D eigenvalue weighted by molar-refractivity contribution is 5.95. The third-order valence-electron chi connectivity index (χ3n) is 4.16. The van der Waals surface area contributed by atoms with Crippen molar-refractivity contribution in [3.63, 3.8) is 0 Å². The predicted molar refractivity (Wildman–Crippen MR) is 82.5 cm³/mol. The summed E-state index contributed by atoms with van der Waals surface area (Å²) in [5, 5.41) is 9.97. The molecular weight excluding hydrogens is 266 g/mol. The number of aryl methyl sites for hydroxylation is 1. The van der Waals surface area contributed by atoms with Crippen LogP contribution in [-0.2, 0) is 0 Å². The molecular formula is C17H27NO3. The van der Waals surface area contributed by atoms with Gasteiger partial charge in [0, 0.05) is 19.0 Å². The highest BCUT2D eigenvalue weighted by Crippen LogP contribution is 2.30. The minimum Gasteiger partial charge on any atom is -0.465 e. The first kappa shape index (κ1) is 16.1. The van der Waals surface area contributed by atoms with Crippen LogP contribution < -0.4 is 0 Å². The van der Waals surface area contributed by atoms with Crippen molar-refractivity contribution in [1.82, 2.24) is 4.90 Å². The summed E-state index contributed by atoms with van der Waals surface area (Å²) in [5.74, 6) is 1.83. The minimum atomic E-state index is -0.325. The Balaban J connectivity index is 2.22. The molecule has 1 aliphatic rings. The highest BCUT2D eigenvalue weighted by atomic mass is 16.3. The average Bonchev–Trinajstić information content (AvgIpc) is 2.68. The van der Waals surface area contributed by atoms with Gasteiger partial charge in [0.15, 0.2) is 0 Å². The molecule has 1 atom stereocenters. The van der Waals surface area contributed by atoms with Crippen LogP contribution >= 0.6 is 0 Å². The summed E-state index contributed by atoms with van der Waals surface area (Å²) in [7, 11) is 0. The zero-order valence-corrected chi connectivity index (χ0v) is 13.8. The fraction of sp³-hybridized carbons (Fsp3) is 0.706. The van der Waals surface area contributed by atoms with E-state index in [1.165, 1.54) is 0 Å². The number of amides is 1. The van der Waals surface area contributed by atoms with Crippen LogP contribution in [0.25, 0.3) is 0 Å². The van der Waals surface area contributed by atoms with Gasteiger partial charge in [-0.1, -0.05) is 27.7 Å². The van der Waals surface area contributed by atoms with Crippen molar-refractivity contribution in [3.8, 4) is 0 Å². The van der Waals surface area contributed by atoms with Crippen molar-refractivity contribution in [2.75, 3.05) is 13.1 Å². The van der Waals surface area contributed by atoms with Gasteiger partial charge in [-0.25, -0.2) is 0 Å². The van der Waals surface area contributed by atoms with Crippen LogP contribution in [0.3, 0.4) is 0 Å². The van der Waals surface area contributed by atoms with Gasteiger partial charge >= 0.3 is 0 Å². The summed E-state index contributed by atoms with van der Waals surface area (Å²) >= 11 is 0. The number of hydrogen-bond acceptors (Lipinski definition) is 3. The molecule has 0 saturated carbocycles. The number of hydrogen-bond donors (Lipinski definition) is 1. The molecule has 1 aromatic heterocycles. The monoisotopic (exact) mass is 293 g/mol. The summed E-state index contributed by atoms with van der Waals surface area (Å²) in [6, 6.07) is 1.87. The first-order valence-corrected chi connectivity index (χ1v) is 7.77. The normalized spacial score (nSPS) is 22.4. The molecule has 0 aromatic carbocycles. The molecule has 1 N–H and O–H groups in total. The van der Waals surface area contributed by atoms with E-state index in [-0.39, 0.29) is 23.3 Å². The Morgan fingerprint density at radius 3 is 2.71 bits per heavy atom. The number of rotatable bonds is 2. The molecule has 1 amide bonds.